The molecule has 2 aromatic carbocycles. The van der Waals surface area contributed by atoms with E-state index in [0.717, 1.165) is 27.6 Å². The first-order valence-electron chi connectivity index (χ1n) is 7.96. The third-order valence-electron chi connectivity index (χ3n) is 4.17. The lowest BCUT2D eigenvalue weighted by atomic mass is 9.93. The molecule has 0 radical (unpaired) electrons. The van der Waals surface area contributed by atoms with Gasteiger partial charge >= 0.3 is 0 Å². The highest BCUT2D eigenvalue weighted by molar-refractivity contribution is 5.97. The first kappa shape index (κ1) is 16.7. The number of ether oxygens (including phenoxy) is 1. The topological polar surface area (TPSA) is 86.1 Å². The van der Waals surface area contributed by atoms with Crippen LogP contribution in [-0.2, 0) is 6.61 Å². The van der Waals surface area contributed by atoms with Crippen molar-refractivity contribution in [2.75, 3.05) is 0 Å². The number of hydrogen-bond acceptors (Lipinski definition) is 4. The van der Waals surface area contributed by atoms with Crippen LogP contribution >= 0.6 is 0 Å². The highest BCUT2D eigenvalue weighted by Gasteiger charge is 2.14. The van der Waals surface area contributed by atoms with Crippen LogP contribution in [-0.4, -0.2) is 16.2 Å². The fraction of sp³-hybridized carbons (Fsp3) is 0.200. The van der Waals surface area contributed by atoms with Crippen LogP contribution in [0.1, 0.15) is 18.1 Å². The lowest BCUT2D eigenvalue weighted by Crippen LogP contribution is -2.10. The Hall–Kier alpha value is -3.10. The number of H-pyrrole nitrogens is 1. The van der Waals surface area contributed by atoms with Gasteiger partial charge in [0.25, 0.3) is 5.56 Å². The molecule has 0 bridgehead atoms. The van der Waals surface area contributed by atoms with Crippen molar-refractivity contribution in [2.45, 2.75) is 26.6 Å². The SMILES string of the molecule is Cc1cccc(CO)c1-c1c[nH]c(=O)c2cc(OC(C)C#N)ccc12. The molecule has 3 rings (SSSR count). The van der Waals surface area contributed by atoms with E-state index in [9.17, 15) is 9.90 Å². The second kappa shape index (κ2) is 6.80. The molecule has 25 heavy (non-hydrogen) atoms. The largest absolute Gasteiger partial charge is 0.476 e. The van der Waals surface area contributed by atoms with Crippen molar-refractivity contribution in [3.05, 3.63) is 64.1 Å². The van der Waals surface area contributed by atoms with Crippen LogP contribution in [0.15, 0.2) is 47.4 Å². The Labute approximate surface area is 145 Å². The number of aliphatic hydroxyl groups is 1. The molecule has 1 unspecified atom stereocenters. The highest BCUT2D eigenvalue weighted by atomic mass is 16.5. The van der Waals surface area contributed by atoms with E-state index in [2.05, 4.69) is 4.98 Å². The molecule has 2 N–H and O–H groups in total. The minimum atomic E-state index is -0.600. The summed E-state index contributed by atoms with van der Waals surface area (Å²) in [7, 11) is 0. The van der Waals surface area contributed by atoms with E-state index in [1.54, 1.807) is 25.3 Å². The number of benzene rings is 2. The smallest absolute Gasteiger partial charge is 0.255 e. The molecule has 0 saturated carbocycles. The van der Waals surface area contributed by atoms with E-state index in [1.165, 1.54) is 0 Å². The summed E-state index contributed by atoms with van der Waals surface area (Å²) in [5.41, 5.74) is 3.33. The van der Waals surface area contributed by atoms with Crippen LogP contribution in [0.25, 0.3) is 21.9 Å². The monoisotopic (exact) mass is 334 g/mol. The summed E-state index contributed by atoms with van der Waals surface area (Å²) in [6.45, 7) is 3.53. The first-order valence-corrected chi connectivity index (χ1v) is 7.96. The second-order valence-electron chi connectivity index (χ2n) is 5.90. The third kappa shape index (κ3) is 3.12. The first-order chi connectivity index (χ1) is 12.0. The van der Waals surface area contributed by atoms with Gasteiger partial charge in [0.2, 0.25) is 0 Å². The number of pyridine rings is 1. The summed E-state index contributed by atoms with van der Waals surface area (Å²) in [6, 6.07) is 12.9. The number of aromatic amines is 1. The third-order valence-corrected chi connectivity index (χ3v) is 4.17. The molecular formula is C20H18N2O3. The zero-order valence-electron chi connectivity index (χ0n) is 14.0. The number of hydrogen-bond donors (Lipinski definition) is 2. The fourth-order valence-electron chi connectivity index (χ4n) is 3.00. The normalized spacial score (nSPS) is 11.9. The lowest BCUT2D eigenvalue weighted by molar-refractivity contribution is 0.277. The minimum Gasteiger partial charge on any atom is -0.476 e. The maximum atomic E-state index is 12.3. The summed E-state index contributed by atoms with van der Waals surface area (Å²) >= 11 is 0. The van der Waals surface area contributed by atoms with Crippen molar-refractivity contribution in [2.24, 2.45) is 0 Å². The number of fused-ring (bicyclic) bond motifs is 1. The molecule has 3 aromatic rings. The number of rotatable bonds is 4. The molecule has 5 nitrogen and oxygen atoms in total. The van der Waals surface area contributed by atoms with Crippen LogP contribution < -0.4 is 10.3 Å². The second-order valence-corrected chi connectivity index (χ2v) is 5.90. The lowest BCUT2D eigenvalue weighted by Gasteiger charge is -2.14. The molecule has 1 heterocycles. The van der Waals surface area contributed by atoms with Crippen molar-refractivity contribution in [1.29, 1.82) is 5.26 Å². The van der Waals surface area contributed by atoms with Crippen LogP contribution in [0.3, 0.4) is 0 Å². The van der Waals surface area contributed by atoms with E-state index in [-0.39, 0.29) is 12.2 Å². The summed E-state index contributed by atoms with van der Waals surface area (Å²) in [6.07, 6.45) is 1.07. The van der Waals surface area contributed by atoms with Crippen molar-refractivity contribution in [3.63, 3.8) is 0 Å². The van der Waals surface area contributed by atoms with Crippen molar-refractivity contribution >= 4 is 10.8 Å². The van der Waals surface area contributed by atoms with Crippen LogP contribution in [0.2, 0.25) is 0 Å². The van der Waals surface area contributed by atoms with Gasteiger partial charge in [-0.2, -0.15) is 5.26 Å². The molecule has 1 aromatic heterocycles. The summed E-state index contributed by atoms with van der Waals surface area (Å²) in [5.74, 6) is 0.469. The molecule has 126 valence electrons. The Morgan fingerprint density at radius 1 is 1.28 bits per heavy atom. The van der Waals surface area contributed by atoms with Gasteiger partial charge < -0.3 is 14.8 Å². The Kier molecular flexibility index (Phi) is 4.55. The maximum Gasteiger partial charge on any atom is 0.255 e. The van der Waals surface area contributed by atoms with E-state index in [1.807, 2.05) is 37.3 Å². The van der Waals surface area contributed by atoms with E-state index in [4.69, 9.17) is 10.00 Å². The fourth-order valence-corrected chi connectivity index (χ4v) is 3.00. The molecular weight excluding hydrogens is 316 g/mol. The molecule has 0 saturated heterocycles. The van der Waals surface area contributed by atoms with Gasteiger partial charge in [-0.25, -0.2) is 0 Å². The molecule has 0 fully saturated rings. The van der Waals surface area contributed by atoms with E-state index >= 15 is 0 Å². The van der Waals surface area contributed by atoms with Crippen molar-refractivity contribution < 1.29 is 9.84 Å². The molecule has 0 amide bonds. The van der Waals surface area contributed by atoms with Crippen molar-refractivity contribution in [3.8, 4) is 22.9 Å². The number of aliphatic hydroxyl groups excluding tert-OH is 1. The van der Waals surface area contributed by atoms with E-state index in [0.29, 0.717) is 11.1 Å². The number of nitrogens with one attached hydrogen (secondary N) is 1. The number of nitriles is 1. The standard InChI is InChI=1S/C20H18N2O3/c1-12-4-3-5-14(11-23)19(12)18-10-22-20(24)17-8-15(6-7-16(17)18)25-13(2)9-21/h3-8,10,13,23H,11H2,1-2H3,(H,22,24). The summed E-state index contributed by atoms with van der Waals surface area (Å²) < 4.78 is 5.49. The van der Waals surface area contributed by atoms with Gasteiger partial charge in [-0.15, -0.1) is 0 Å². The molecule has 0 aliphatic heterocycles. The maximum absolute atomic E-state index is 12.3. The average Bonchev–Trinajstić information content (AvgIpc) is 2.62. The molecule has 0 spiro atoms. The predicted octanol–water partition coefficient (Wildman–Crippen LogP) is 3.29. The van der Waals surface area contributed by atoms with Gasteiger partial charge in [0, 0.05) is 11.8 Å². The number of nitrogens with zero attached hydrogens (tertiary/aromatic N) is 1. The summed E-state index contributed by atoms with van der Waals surface area (Å²) in [5, 5.41) is 19.8. The van der Waals surface area contributed by atoms with Gasteiger partial charge in [0.15, 0.2) is 6.10 Å². The van der Waals surface area contributed by atoms with Crippen molar-refractivity contribution in [1.82, 2.24) is 4.98 Å². The van der Waals surface area contributed by atoms with Crippen LogP contribution in [0.4, 0.5) is 0 Å². The van der Waals surface area contributed by atoms with Gasteiger partial charge in [-0.1, -0.05) is 18.2 Å². The molecule has 0 aliphatic carbocycles. The Bertz CT molecular complexity index is 1030. The van der Waals surface area contributed by atoms with Gasteiger partial charge in [-0.3, -0.25) is 4.79 Å². The van der Waals surface area contributed by atoms with Gasteiger partial charge in [-0.05, 0) is 54.1 Å². The zero-order chi connectivity index (χ0) is 18.0. The number of aryl methyl sites for hydroxylation is 1. The van der Waals surface area contributed by atoms with Crippen LogP contribution in [0.5, 0.6) is 5.75 Å². The quantitative estimate of drug-likeness (QED) is 0.766. The molecule has 1 atom stereocenters. The van der Waals surface area contributed by atoms with E-state index < -0.39 is 6.10 Å². The predicted molar refractivity (Wildman–Crippen MR) is 96.4 cm³/mol. The molecule has 5 heteroatoms. The Balaban J connectivity index is 2.24. The Morgan fingerprint density at radius 2 is 2.08 bits per heavy atom. The Morgan fingerprint density at radius 3 is 2.80 bits per heavy atom. The number of aromatic nitrogens is 1. The summed E-state index contributed by atoms with van der Waals surface area (Å²) in [4.78, 5) is 15.0. The van der Waals surface area contributed by atoms with Gasteiger partial charge in [0.05, 0.1) is 12.0 Å². The zero-order valence-corrected chi connectivity index (χ0v) is 14.0. The minimum absolute atomic E-state index is 0.0848. The average molecular weight is 334 g/mol. The molecule has 0 aliphatic rings. The van der Waals surface area contributed by atoms with Gasteiger partial charge in [0.1, 0.15) is 11.8 Å². The highest BCUT2D eigenvalue weighted by Crippen LogP contribution is 2.33. The van der Waals surface area contributed by atoms with Crippen LogP contribution in [0, 0.1) is 18.3 Å².